The monoisotopic (exact) mass is 216 g/mol. The molecule has 1 N–H and O–H groups in total. The van der Waals surface area contributed by atoms with Crippen molar-refractivity contribution in [3.63, 3.8) is 0 Å². The molecule has 0 radical (unpaired) electrons. The van der Waals surface area contributed by atoms with E-state index in [4.69, 9.17) is 5.11 Å². The summed E-state index contributed by atoms with van der Waals surface area (Å²) in [7, 11) is 0. The summed E-state index contributed by atoms with van der Waals surface area (Å²) in [6.07, 6.45) is -2.67. The average Bonchev–Trinajstić information content (AvgIpc) is 2.15. The van der Waals surface area contributed by atoms with Crippen LogP contribution in [0.5, 0.6) is 0 Å². The van der Waals surface area contributed by atoms with E-state index in [2.05, 4.69) is 0 Å². The lowest BCUT2D eigenvalue weighted by Crippen LogP contribution is -2.39. The number of hydrogen-bond acceptors (Lipinski definition) is 1. The molecular weight excluding hydrogens is 205 g/mol. The van der Waals surface area contributed by atoms with Crippen LogP contribution in [-0.4, -0.2) is 16.9 Å². The highest BCUT2D eigenvalue weighted by atomic mass is 19.4. The summed E-state index contributed by atoms with van der Waals surface area (Å²) in [5.74, 6) is 0. The molecule has 1 aromatic rings. The number of halogens is 3. The van der Waals surface area contributed by atoms with E-state index in [0.29, 0.717) is 12.5 Å². The number of benzene rings is 1. The Kier molecular flexibility index (Phi) is 3.19. The molecule has 1 atom stereocenters. The van der Waals surface area contributed by atoms with Crippen molar-refractivity contribution in [2.24, 2.45) is 0 Å². The first-order chi connectivity index (χ1) is 6.83. The molecule has 4 heteroatoms. The first kappa shape index (κ1) is 11.8. The quantitative estimate of drug-likeness (QED) is 0.805. The maximum Gasteiger partial charge on any atom is 0.420 e. The predicted molar refractivity (Wildman–Crippen MR) is 52.2 cm³/mol. The van der Waals surface area contributed by atoms with E-state index >= 15 is 0 Å². The van der Waals surface area contributed by atoms with E-state index in [0.717, 1.165) is 6.08 Å². The minimum atomic E-state index is -4.65. The fourth-order valence-corrected chi connectivity index (χ4v) is 0.917. The van der Waals surface area contributed by atoms with Crippen LogP contribution in [-0.2, 0) is 0 Å². The zero-order valence-electron chi connectivity index (χ0n) is 8.12. The predicted octanol–water partition coefficient (Wildman–Crippen LogP) is 3.01. The van der Waals surface area contributed by atoms with Gasteiger partial charge in [0.25, 0.3) is 0 Å². The Morgan fingerprint density at radius 3 is 2.13 bits per heavy atom. The summed E-state index contributed by atoms with van der Waals surface area (Å²) in [5.41, 5.74) is -2.18. The van der Waals surface area contributed by atoms with E-state index in [1.807, 2.05) is 0 Å². The van der Waals surface area contributed by atoms with Gasteiger partial charge in [-0.25, -0.2) is 0 Å². The van der Waals surface area contributed by atoms with E-state index in [1.54, 1.807) is 30.3 Å². The minimum absolute atomic E-state index is 0.613. The Morgan fingerprint density at radius 2 is 1.67 bits per heavy atom. The molecule has 1 rings (SSSR count). The molecule has 82 valence electrons. The molecular formula is C11H11F3O. The molecule has 1 nitrogen and oxygen atoms in total. The first-order valence-corrected chi connectivity index (χ1v) is 4.36. The number of alkyl halides is 3. The van der Waals surface area contributed by atoms with Gasteiger partial charge in [-0.1, -0.05) is 36.4 Å². The van der Waals surface area contributed by atoms with Gasteiger partial charge in [0.05, 0.1) is 0 Å². The molecule has 0 unspecified atom stereocenters. The van der Waals surface area contributed by atoms with Crippen molar-refractivity contribution in [2.45, 2.75) is 18.7 Å². The topological polar surface area (TPSA) is 20.2 Å². The average molecular weight is 216 g/mol. The van der Waals surface area contributed by atoms with Gasteiger partial charge >= 0.3 is 6.18 Å². The van der Waals surface area contributed by atoms with Crippen molar-refractivity contribution in [2.75, 3.05) is 0 Å². The molecule has 0 spiro atoms. The molecule has 0 aliphatic rings. The van der Waals surface area contributed by atoms with Gasteiger partial charge in [0.2, 0.25) is 0 Å². The fraction of sp³-hybridized carbons (Fsp3) is 0.273. The van der Waals surface area contributed by atoms with Gasteiger partial charge in [-0.3, -0.25) is 0 Å². The molecule has 1 aromatic carbocycles. The SMILES string of the molecule is C[C@](O)(/C=C/c1ccccc1)C(F)(F)F. The molecule has 0 aliphatic carbocycles. The third kappa shape index (κ3) is 3.09. The van der Waals surface area contributed by atoms with Crippen molar-refractivity contribution < 1.29 is 18.3 Å². The minimum Gasteiger partial charge on any atom is -0.377 e. The second-order valence-corrected chi connectivity index (χ2v) is 3.39. The zero-order valence-corrected chi connectivity index (χ0v) is 8.12. The number of rotatable bonds is 2. The van der Waals surface area contributed by atoms with Crippen LogP contribution < -0.4 is 0 Å². The van der Waals surface area contributed by atoms with E-state index < -0.39 is 11.8 Å². The van der Waals surface area contributed by atoms with Crippen LogP contribution in [0.2, 0.25) is 0 Å². The largest absolute Gasteiger partial charge is 0.420 e. The lowest BCUT2D eigenvalue weighted by Gasteiger charge is -2.22. The fourth-order valence-electron chi connectivity index (χ4n) is 0.917. The van der Waals surface area contributed by atoms with Gasteiger partial charge in [-0.2, -0.15) is 13.2 Å². The molecule has 0 fully saturated rings. The van der Waals surface area contributed by atoms with Crippen LogP contribution in [0.1, 0.15) is 12.5 Å². The number of aliphatic hydroxyl groups is 1. The Morgan fingerprint density at radius 1 is 1.13 bits per heavy atom. The molecule has 0 aromatic heterocycles. The lowest BCUT2D eigenvalue weighted by molar-refractivity contribution is -0.232. The highest BCUT2D eigenvalue weighted by Gasteiger charge is 2.47. The van der Waals surface area contributed by atoms with Crippen molar-refractivity contribution in [1.82, 2.24) is 0 Å². The highest BCUT2D eigenvalue weighted by Crippen LogP contribution is 2.31. The van der Waals surface area contributed by atoms with Gasteiger partial charge in [0.15, 0.2) is 5.60 Å². The van der Waals surface area contributed by atoms with Crippen molar-refractivity contribution in [1.29, 1.82) is 0 Å². The third-order valence-electron chi connectivity index (χ3n) is 1.97. The summed E-state index contributed by atoms with van der Waals surface area (Å²) in [5, 5.41) is 9.10. The summed E-state index contributed by atoms with van der Waals surface area (Å²) < 4.78 is 36.7. The van der Waals surface area contributed by atoms with Gasteiger partial charge in [0.1, 0.15) is 0 Å². The van der Waals surface area contributed by atoms with Crippen molar-refractivity contribution in [3.05, 3.63) is 42.0 Å². The van der Waals surface area contributed by atoms with Crippen LogP contribution in [0.25, 0.3) is 6.08 Å². The van der Waals surface area contributed by atoms with Crippen LogP contribution in [0.3, 0.4) is 0 Å². The van der Waals surface area contributed by atoms with Crippen LogP contribution in [0.15, 0.2) is 36.4 Å². The molecule has 15 heavy (non-hydrogen) atoms. The smallest absolute Gasteiger partial charge is 0.377 e. The molecule has 0 saturated heterocycles. The first-order valence-electron chi connectivity index (χ1n) is 4.36. The Labute approximate surface area is 85.9 Å². The highest BCUT2D eigenvalue weighted by molar-refractivity contribution is 5.50. The van der Waals surface area contributed by atoms with Gasteiger partial charge < -0.3 is 5.11 Å². The van der Waals surface area contributed by atoms with Crippen LogP contribution >= 0.6 is 0 Å². The van der Waals surface area contributed by atoms with Gasteiger partial charge in [-0.05, 0) is 18.6 Å². The van der Waals surface area contributed by atoms with Gasteiger partial charge in [-0.15, -0.1) is 0 Å². The summed E-state index contributed by atoms with van der Waals surface area (Å²) >= 11 is 0. The van der Waals surface area contributed by atoms with E-state index in [9.17, 15) is 13.2 Å². The molecule has 0 saturated carbocycles. The molecule has 0 heterocycles. The number of hydrogen-bond donors (Lipinski definition) is 1. The maximum absolute atomic E-state index is 12.2. The lowest BCUT2D eigenvalue weighted by atomic mass is 10.0. The third-order valence-corrected chi connectivity index (χ3v) is 1.97. The van der Waals surface area contributed by atoms with Crippen LogP contribution in [0.4, 0.5) is 13.2 Å². The second kappa shape index (κ2) is 4.06. The van der Waals surface area contributed by atoms with Gasteiger partial charge in [0, 0.05) is 0 Å². The van der Waals surface area contributed by atoms with E-state index in [-0.39, 0.29) is 0 Å². The molecule has 0 aliphatic heterocycles. The summed E-state index contributed by atoms with van der Waals surface area (Å²) in [4.78, 5) is 0. The standard InChI is InChI=1S/C11H11F3O/c1-10(15,11(12,13)14)8-7-9-5-3-2-4-6-9/h2-8,15H,1H3/b8-7+/t10-/m0/s1. The van der Waals surface area contributed by atoms with Crippen molar-refractivity contribution in [3.8, 4) is 0 Å². The van der Waals surface area contributed by atoms with E-state index in [1.165, 1.54) is 6.08 Å². The second-order valence-electron chi connectivity index (χ2n) is 3.39. The normalized spacial score (nSPS) is 16.6. The Hall–Kier alpha value is -1.29. The van der Waals surface area contributed by atoms with Crippen molar-refractivity contribution >= 4 is 6.08 Å². The Balaban J connectivity index is 2.83. The molecule has 0 amide bonds. The Bertz CT molecular complexity index is 339. The summed E-state index contributed by atoms with van der Waals surface area (Å²) in [6, 6.07) is 8.50. The zero-order chi connectivity index (χ0) is 11.5. The van der Waals surface area contributed by atoms with Crippen LogP contribution in [0, 0.1) is 0 Å². The maximum atomic E-state index is 12.2. The summed E-state index contributed by atoms with van der Waals surface area (Å²) in [6.45, 7) is 0.715. The molecule has 0 bridgehead atoms.